The average molecular weight is 558 g/mol. The van der Waals surface area contributed by atoms with Gasteiger partial charge in [-0.15, -0.1) is 24.0 Å². The Morgan fingerprint density at radius 2 is 1.88 bits per heavy atom. The molecule has 10 heteroatoms. The first-order valence-electron chi connectivity index (χ1n) is 10.6. The van der Waals surface area contributed by atoms with Crippen molar-refractivity contribution in [3.63, 3.8) is 0 Å². The van der Waals surface area contributed by atoms with Crippen LogP contribution in [0.1, 0.15) is 38.0 Å². The van der Waals surface area contributed by atoms with Crippen molar-refractivity contribution < 1.29 is 14.0 Å². The third-order valence-corrected chi connectivity index (χ3v) is 5.28. The number of rotatable bonds is 6. The van der Waals surface area contributed by atoms with E-state index >= 15 is 0 Å². The summed E-state index contributed by atoms with van der Waals surface area (Å²) in [5.41, 5.74) is 0.971. The second-order valence-electron chi connectivity index (χ2n) is 8.61. The Balaban J connectivity index is 0.00000363. The van der Waals surface area contributed by atoms with Crippen LogP contribution in [-0.4, -0.2) is 73.3 Å². The zero-order valence-electron chi connectivity index (χ0n) is 19.8. The van der Waals surface area contributed by atoms with Crippen LogP contribution in [-0.2, 0) is 18.5 Å². The highest BCUT2D eigenvalue weighted by atomic mass is 127. The van der Waals surface area contributed by atoms with Gasteiger partial charge in [0.2, 0.25) is 5.89 Å². The SMILES string of the molecule is CN=C(NCc1noc(C(C)(C)C)n1)N1CCN(Cc2cc(OC)ccc2OC)CC1.I. The van der Waals surface area contributed by atoms with Gasteiger partial charge in [0, 0.05) is 50.7 Å². The van der Waals surface area contributed by atoms with Crippen molar-refractivity contribution in [2.24, 2.45) is 4.99 Å². The summed E-state index contributed by atoms with van der Waals surface area (Å²) in [5.74, 6) is 3.85. The first-order chi connectivity index (χ1) is 14.8. The highest BCUT2D eigenvalue weighted by Gasteiger charge is 2.23. The molecule has 0 spiro atoms. The van der Waals surface area contributed by atoms with Crippen molar-refractivity contribution >= 4 is 29.9 Å². The Hall–Kier alpha value is -2.08. The van der Waals surface area contributed by atoms with Gasteiger partial charge in [0.1, 0.15) is 11.5 Å². The Morgan fingerprint density at radius 3 is 2.44 bits per heavy atom. The number of hydrogen-bond donors (Lipinski definition) is 1. The molecule has 2 heterocycles. The number of piperazine rings is 1. The summed E-state index contributed by atoms with van der Waals surface area (Å²) in [6.45, 7) is 11.1. The average Bonchev–Trinajstić information content (AvgIpc) is 3.25. The van der Waals surface area contributed by atoms with E-state index in [0.29, 0.717) is 18.3 Å². The first-order valence-corrected chi connectivity index (χ1v) is 10.6. The van der Waals surface area contributed by atoms with Crippen LogP contribution in [0, 0.1) is 0 Å². The lowest BCUT2D eigenvalue weighted by atomic mass is 9.97. The number of aromatic nitrogens is 2. The number of hydrogen-bond acceptors (Lipinski definition) is 7. The molecule has 0 radical (unpaired) electrons. The molecule has 1 saturated heterocycles. The van der Waals surface area contributed by atoms with E-state index in [0.717, 1.165) is 55.7 Å². The maximum atomic E-state index is 5.52. The Labute approximate surface area is 207 Å². The molecule has 1 aromatic heterocycles. The summed E-state index contributed by atoms with van der Waals surface area (Å²) in [4.78, 5) is 13.6. The molecule has 2 aromatic rings. The third kappa shape index (κ3) is 6.71. The second-order valence-corrected chi connectivity index (χ2v) is 8.61. The van der Waals surface area contributed by atoms with Crippen LogP contribution < -0.4 is 14.8 Å². The molecule has 0 aliphatic carbocycles. The molecule has 0 unspecified atom stereocenters. The fraction of sp³-hybridized carbons (Fsp3) is 0.591. The molecule has 32 heavy (non-hydrogen) atoms. The minimum absolute atomic E-state index is 0. The molecule has 1 aromatic carbocycles. The van der Waals surface area contributed by atoms with Crippen LogP contribution in [0.4, 0.5) is 0 Å². The fourth-order valence-corrected chi connectivity index (χ4v) is 3.48. The van der Waals surface area contributed by atoms with Gasteiger partial charge in [-0.1, -0.05) is 25.9 Å². The number of nitrogens with zero attached hydrogens (tertiary/aromatic N) is 5. The van der Waals surface area contributed by atoms with Gasteiger partial charge in [0.05, 0.1) is 20.8 Å². The lowest BCUT2D eigenvalue weighted by Crippen LogP contribution is -2.52. The molecule has 3 rings (SSSR count). The molecule has 0 saturated carbocycles. The van der Waals surface area contributed by atoms with E-state index in [1.165, 1.54) is 0 Å². The van der Waals surface area contributed by atoms with E-state index < -0.39 is 0 Å². The minimum Gasteiger partial charge on any atom is -0.497 e. The predicted octanol–water partition coefficient (Wildman–Crippen LogP) is 2.90. The number of guanidine groups is 1. The van der Waals surface area contributed by atoms with Crippen LogP contribution in [0.15, 0.2) is 27.7 Å². The molecule has 0 bridgehead atoms. The van der Waals surface area contributed by atoms with Crippen LogP contribution >= 0.6 is 24.0 Å². The van der Waals surface area contributed by atoms with E-state index in [4.69, 9.17) is 14.0 Å². The molecule has 1 aliphatic rings. The highest BCUT2D eigenvalue weighted by molar-refractivity contribution is 14.0. The quantitative estimate of drug-likeness (QED) is 0.329. The summed E-state index contributed by atoms with van der Waals surface area (Å²) < 4.78 is 16.3. The molecular formula is C22H35IN6O3. The van der Waals surface area contributed by atoms with Gasteiger partial charge in [-0.25, -0.2) is 0 Å². The second kappa shape index (κ2) is 11.7. The number of halogens is 1. The van der Waals surface area contributed by atoms with E-state index in [9.17, 15) is 0 Å². The monoisotopic (exact) mass is 558 g/mol. The lowest BCUT2D eigenvalue weighted by Gasteiger charge is -2.36. The largest absolute Gasteiger partial charge is 0.497 e. The van der Waals surface area contributed by atoms with E-state index in [2.05, 4.69) is 51.0 Å². The Morgan fingerprint density at radius 1 is 1.16 bits per heavy atom. The van der Waals surface area contributed by atoms with Gasteiger partial charge in [-0.2, -0.15) is 4.98 Å². The van der Waals surface area contributed by atoms with Crippen LogP contribution in [0.3, 0.4) is 0 Å². The maximum Gasteiger partial charge on any atom is 0.232 e. The summed E-state index contributed by atoms with van der Waals surface area (Å²) in [6, 6.07) is 5.92. The first kappa shape index (κ1) is 26.2. The van der Waals surface area contributed by atoms with Gasteiger partial charge >= 0.3 is 0 Å². The van der Waals surface area contributed by atoms with Gasteiger partial charge in [0.15, 0.2) is 11.8 Å². The summed E-state index contributed by atoms with van der Waals surface area (Å²) in [6.07, 6.45) is 0. The number of ether oxygens (including phenoxy) is 2. The molecular weight excluding hydrogens is 523 g/mol. The summed E-state index contributed by atoms with van der Waals surface area (Å²) >= 11 is 0. The number of aliphatic imine (C=N–C) groups is 1. The van der Waals surface area contributed by atoms with Crippen LogP contribution in [0.25, 0.3) is 0 Å². The summed E-state index contributed by atoms with van der Waals surface area (Å²) in [7, 11) is 5.18. The molecule has 1 fully saturated rings. The van der Waals surface area contributed by atoms with Gasteiger partial charge in [-0.3, -0.25) is 9.89 Å². The topological polar surface area (TPSA) is 88.2 Å². The normalized spacial score (nSPS) is 15.3. The number of benzene rings is 1. The smallest absolute Gasteiger partial charge is 0.232 e. The van der Waals surface area contributed by atoms with E-state index in [1.807, 2.05) is 18.2 Å². The van der Waals surface area contributed by atoms with Gasteiger partial charge in [-0.05, 0) is 18.2 Å². The highest BCUT2D eigenvalue weighted by Crippen LogP contribution is 2.25. The van der Waals surface area contributed by atoms with Crippen molar-refractivity contribution in [2.75, 3.05) is 47.4 Å². The molecule has 178 valence electrons. The minimum atomic E-state index is -0.158. The van der Waals surface area contributed by atoms with Gasteiger partial charge < -0.3 is 24.2 Å². The van der Waals surface area contributed by atoms with E-state index in [-0.39, 0.29) is 29.4 Å². The predicted molar refractivity (Wildman–Crippen MR) is 135 cm³/mol. The van der Waals surface area contributed by atoms with Gasteiger partial charge in [0.25, 0.3) is 0 Å². The van der Waals surface area contributed by atoms with Crippen molar-refractivity contribution in [1.29, 1.82) is 0 Å². The van der Waals surface area contributed by atoms with Crippen molar-refractivity contribution in [1.82, 2.24) is 25.3 Å². The third-order valence-electron chi connectivity index (χ3n) is 5.28. The Bertz CT molecular complexity index is 888. The molecule has 0 atom stereocenters. The van der Waals surface area contributed by atoms with Crippen molar-refractivity contribution in [3.05, 3.63) is 35.5 Å². The van der Waals surface area contributed by atoms with Crippen LogP contribution in [0.2, 0.25) is 0 Å². The van der Waals surface area contributed by atoms with Crippen molar-refractivity contribution in [3.8, 4) is 11.5 Å². The zero-order valence-corrected chi connectivity index (χ0v) is 22.2. The lowest BCUT2D eigenvalue weighted by molar-refractivity contribution is 0.171. The number of nitrogens with one attached hydrogen (secondary N) is 1. The molecule has 1 N–H and O–H groups in total. The molecule has 1 aliphatic heterocycles. The molecule has 0 amide bonds. The summed E-state index contributed by atoms with van der Waals surface area (Å²) in [5, 5.41) is 7.42. The zero-order chi connectivity index (χ0) is 22.4. The fourth-order valence-electron chi connectivity index (χ4n) is 3.48. The standard InChI is InChI=1S/C22H34N6O3.HI/c1-22(2,3)20-25-19(26-31-20)14-24-21(23-4)28-11-9-27(10-12-28)15-16-13-17(29-5)7-8-18(16)30-6;/h7-8,13H,9-12,14-15H2,1-6H3,(H,23,24);1H. The number of methoxy groups -OCH3 is 2. The molecule has 9 nitrogen and oxygen atoms in total. The maximum absolute atomic E-state index is 5.52. The van der Waals surface area contributed by atoms with Crippen LogP contribution in [0.5, 0.6) is 11.5 Å². The van der Waals surface area contributed by atoms with Crippen molar-refractivity contribution in [2.45, 2.75) is 39.3 Å². The van der Waals surface area contributed by atoms with E-state index in [1.54, 1.807) is 21.3 Å². The Kier molecular flexibility index (Phi) is 9.56.